The molecule has 1 heterocycles. The minimum atomic E-state index is -3.47. The lowest BCUT2D eigenvalue weighted by atomic mass is 10.1. The van der Waals surface area contributed by atoms with Crippen molar-refractivity contribution in [1.29, 1.82) is 0 Å². The second-order valence-corrected chi connectivity index (χ2v) is 6.99. The van der Waals surface area contributed by atoms with Gasteiger partial charge < -0.3 is 5.32 Å². The molecule has 0 radical (unpaired) electrons. The summed E-state index contributed by atoms with van der Waals surface area (Å²) in [5, 5.41) is 5.63. The summed E-state index contributed by atoms with van der Waals surface area (Å²) in [5.41, 5.74) is 1.11. The maximum atomic E-state index is 12.1. The highest BCUT2D eigenvalue weighted by Gasteiger charge is 2.13. The first-order valence-corrected chi connectivity index (χ1v) is 8.59. The molecule has 20 heavy (non-hydrogen) atoms. The minimum absolute atomic E-state index is 0.224. The number of hydrogen-bond donors (Lipinski definition) is 2. The molecule has 108 valence electrons. The van der Waals surface area contributed by atoms with Gasteiger partial charge in [0.1, 0.15) is 5.01 Å². The zero-order chi connectivity index (χ0) is 14.4. The van der Waals surface area contributed by atoms with Crippen molar-refractivity contribution >= 4 is 21.4 Å². The van der Waals surface area contributed by atoms with Crippen LogP contribution in [0.25, 0.3) is 0 Å². The van der Waals surface area contributed by atoms with E-state index in [1.54, 1.807) is 18.3 Å². The molecule has 0 atom stereocenters. The fourth-order valence-electron chi connectivity index (χ4n) is 1.68. The van der Waals surface area contributed by atoms with Gasteiger partial charge in [-0.1, -0.05) is 12.1 Å². The highest BCUT2D eigenvalue weighted by Crippen LogP contribution is 2.12. The van der Waals surface area contributed by atoms with Crippen molar-refractivity contribution in [3.05, 3.63) is 46.4 Å². The fourth-order valence-corrected chi connectivity index (χ4v) is 3.32. The SMILES string of the molecule is CNCCc1ccc(S(=O)(=O)NCc2nccs2)cc1. The molecule has 0 saturated heterocycles. The number of benzene rings is 1. The van der Waals surface area contributed by atoms with Gasteiger partial charge in [-0.05, 0) is 37.7 Å². The van der Waals surface area contributed by atoms with E-state index in [2.05, 4.69) is 15.0 Å². The van der Waals surface area contributed by atoms with Crippen molar-refractivity contribution < 1.29 is 8.42 Å². The molecule has 2 N–H and O–H groups in total. The van der Waals surface area contributed by atoms with Crippen molar-refractivity contribution in [2.24, 2.45) is 0 Å². The predicted octanol–water partition coefficient (Wildman–Crippen LogP) is 1.38. The third-order valence-electron chi connectivity index (χ3n) is 2.79. The van der Waals surface area contributed by atoms with Crippen LogP contribution in [0, 0.1) is 0 Å². The highest BCUT2D eigenvalue weighted by molar-refractivity contribution is 7.89. The summed E-state index contributed by atoms with van der Waals surface area (Å²) in [7, 11) is -1.58. The van der Waals surface area contributed by atoms with E-state index >= 15 is 0 Å². The second-order valence-electron chi connectivity index (χ2n) is 4.25. The van der Waals surface area contributed by atoms with Crippen molar-refractivity contribution in [1.82, 2.24) is 15.0 Å². The fraction of sp³-hybridized carbons (Fsp3) is 0.308. The predicted molar refractivity (Wildman–Crippen MR) is 80.2 cm³/mol. The lowest BCUT2D eigenvalue weighted by Gasteiger charge is -2.06. The molecular formula is C13H17N3O2S2. The molecule has 0 saturated carbocycles. The Hall–Kier alpha value is -1.28. The summed E-state index contributed by atoms with van der Waals surface area (Å²) >= 11 is 1.43. The molecule has 0 bridgehead atoms. The van der Waals surface area contributed by atoms with Crippen molar-refractivity contribution in [3.8, 4) is 0 Å². The van der Waals surface area contributed by atoms with Crippen LogP contribution in [0.15, 0.2) is 40.7 Å². The molecule has 0 aliphatic carbocycles. The summed E-state index contributed by atoms with van der Waals surface area (Å²) in [6, 6.07) is 6.95. The average molecular weight is 311 g/mol. The van der Waals surface area contributed by atoms with E-state index in [1.165, 1.54) is 11.3 Å². The molecule has 1 aromatic heterocycles. The quantitative estimate of drug-likeness (QED) is 0.810. The summed E-state index contributed by atoms with van der Waals surface area (Å²) in [4.78, 5) is 4.33. The topological polar surface area (TPSA) is 71.1 Å². The first kappa shape index (κ1) is 15.1. The van der Waals surface area contributed by atoms with Gasteiger partial charge in [-0.2, -0.15) is 0 Å². The van der Waals surface area contributed by atoms with Crippen LogP contribution in [0.3, 0.4) is 0 Å². The number of nitrogens with one attached hydrogen (secondary N) is 2. The normalized spacial score (nSPS) is 11.7. The van der Waals surface area contributed by atoms with Crippen LogP contribution >= 0.6 is 11.3 Å². The zero-order valence-corrected chi connectivity index (χ0v) is 12.8. The molecule has 2 rings (SSSR count). The Morgan fingerprint density at radius 1 is 1.25 bits per heavy atom. The van der Waals surface area contributed by atoms with Gasteiger partial charge in [-0.15, -0.1) is 11.3 Å². The van der Waals surface area contributed by atoms with Gasteiger partial charge in [-0.3, -0.25) is 0 Å². The maximum Gasteiger partial charge on any atom is 0.240 e. The van der Waals surface area contributed by atoms with E-state index in [9.17, 15) is 8.42 Å². The Balaban J connectivity index is 2.01. The van der Waals surface area contributed by atoms with Gasteiger partial charge in [0.2, 0.25) is 10.0 Å². The molecule has 0 unspecified atom stereocenters. The van der Waals surface area contributed by atoms with E-state index in [-0.39, 0.29) is 11.4 Å². The molecule has 1 aromatic carbocycles. The van der Waals surface area contributed by atoms with Gasteiger partial charge in [0.05, 0.1) is 11.4 Å². The molecule has 5 nitrogen and oxygen atoms in total. The number of nitrogens with zero attached hydrogens (tertiary/aromatic N) is 1. The van der Waals surface area contributed by atoms with Gasteiger partial charge in [-0.25, -0.2) is 18.1 Å². The Bertz CT molecular complexity index is 622. The first-order valence-electron chi connectivity index (χ1n) is 6.23. The van der Waals surface area contributed by atoms with Crippen molar-refractivity contribution in [2.75, 3.05) is 13.6 Å². The monoisotopic (exact) mass is 311 g/mol. The van der Waals surface area contributed by atoms with Crippen LogP contribution in [0.2, 0.25) is 0 Å². The van der Waals surface area contributed by atoms with Crippen LogP contribution in [0.4, 0.5) is 0 Å². The van der Waals surface area contributed by atoms with Crippen molar-refractivity contribution in [3.63, 3.8) is 0 Å². The number of hydrogen-bond acceptors (Lipinski definition) is 5. The Kier molecular flexibility index (Phi) is 5.24. The summed E-state index contributed by atoms with van der Waals surface area (Å²) in [6.07, 6.45) is 2.54. The number of sulfonamides is 1. The van der Waals surface area contributed by atoms with Gasteiger partial charge in [0.25, 0.3) is 0 Å². The lowest BCUT2D eigenvalue weighted by Crippen LogP contribution is -2.23. The Morgan fingerprint density at radius 2 is 2.00 bits per heavy atom. The summed E-state index contributed by atoms with van der Waals surface area (Å²) in [6.45, 7) is 1.09. The van der Waals surface area contributed by atoms with Crippen LogP contribution in [-0.4, -0.2) is 27.0 Å². The average Bonchev–Trinajstić information content (AvgIpc) is 2.97. The van der Waals surface area contributed by atoms with Crippen LogP contribution in [-0.2, 0) is 23.0 Å². The minimum Gasteiger partial charge on any atom is -0.319 e. The van der Waals surface area contributed by atoms with E-state index < -0.39 is 10.0 Å². The molecule has 0 fully saturated rings. The van der Waals surface area contributed by atoms with E-state index in [0.717, 1.165) is 23.5 Å². The Morgan fingerprint density at radius 3 is 2.60 bits per heavy atom. The van der Waals surface area contributed by atoms with E-state index in [0.29, 0.717) is 0 Å². The smallest absolute Gasteiger partial charge is 0.240 e. The number of rotatable bonds is 7. The lowest BCUT2D eigenvalue weighted by molar-refractivity contribution is 0.581. The van der Waals surface area contributed by atoms with Crippen molar-refractivity contribution in [2.45, 2.75) is 17.9 Å². The molecule has 0 aliphatic heterocycles. The number of thiazole rings is 1. The standard InChI is InChI=1S/C13H17N3O2S2/c1-14-7-6-11-2-4-12(5-3-11)20(17,18)16-10-13-15-8-9-19-13/h2-5,8-9,14,16H,6-7,10H2,1H3. The van der Waals surface area contributed by atoms with E-state index in [1.807, 2.05) is 24.6 Å². The largest absolute Gasteiger partial charge is 0.319 e. The molecule has 2 aromatic rings. The highest BCUT2D eigenvalue weighted by atomic mass is 32.2. The van der Waals surface area contributed by atoms with E-state index in [4.69, 9.17) is 0 Å². The molecule has 0 spiro atoms. The summed E-state index contributed by atoms with van der Waals surface area (Å²) in [5.74, 6) is 0. The summed E-state index contributed by atoms with van der Waals surface area (Å²) < 4.78 is 26.8. The zero-order valence-electron chi connectivity index (χ0n) is 11.2. The number of aromatic nitrogens is 1. The van der Waals surface area contributed by atoms with Gasteiger partial charge in [0.15, 0.2) is 0 Å². The first-order chi connectivity index (χ1) is 9.62. The molecular weight excluding hydrogens is 294 g/mol. The maximum absolute atomic E-state index is 12.1. The Labute approximate surface area is 123 Å². The van der Waals surface area contributed by atoms with Gasteiger partial charge >= 0.3 is 0 Å². The third-order valence-corrected chi connectivity index (χ3v) is 4.99. The molecule has 7 heteroatoms. The number of likely N-dealkylation sites (N-methyl/N-ethyl adjacent to an activating group) is 1. The van der Waals surface area contributed by atoms with Crippen LogP contribution in [0.1, 0.15) is 10.6 Å². The third kappa shape index (κ3) is 4.11. The molecule has 0 aliphatic rings. The second kappa shape index (κ2) is 6.94. The molecule has 0 amide bonds. The van der Waals surface area contributed by atoms with Crippen LogP contribution < -0.4 is 10.0 Å². The van der Waals surface area contributed by atoms with Crippen LogP contribution in [0.5, 0.6) is 0 Å². The van der Waals surface area contributed by atoms with Gasteiger partial charge in [0, 0.05) is 11.6 Å².